The minimum absolute atomic E-state index is 0.291. The van der Waals surface area contributed by atoms with Gasteiger partial charge in [0.25, 0.3) is 0 Å². The van der Waals surface area contributed by atoms with Crippen LogP contribution in [0.3, 0.4) is 0 Å². The Morgan fingerprint density at radius 2 is 1.33 bits per heavy atom. The summed E-state index contributed by atoms with van der Waals surface area (Å²) in [5.74, 6) is 0.788. The zero-order valence-electron chi connectivity index (χ0n) is 29.1. The van der Waals surface area contributed by atoms with Crippen LogP contribution in [0.5, 0.6) is 5.75 Å². The first-order valence-electron chi connectivity index (χ1n) is 18.2. The van der Waals surface area contributed by atoms with Crippen molar-refractivity contribution in [1.29, 1.82) is 0 Å². The van der Waals surface area contributed by atoms with Crippen LogP contribution in [0.15, 0.2) is 30.3 Å². The first kappa shape index (κ1) is 37.2. The van der Waals surface area contributed by atoms with Crippen LogP contribution in [-0.2, 0) is 42.9 Å². The molecule has 0 radical (unpaired) electrons. The number of hydrogen-bond donors (Lipinski definition) is 0. The Balaban J connectivity index is 1.76. The molecular weight excluding hydrogens is 600 g/mol. The number of hydrogen-bond acceptors (Lipinski definition) is 6. The van der Waals surface area contributed by atoms with Gasteiger partial charge in [0, 0.05) is 38.4 Å². The van der Waals surface area contributed by atoms with Crippen molar-refractivity contribution in [2.75, 3.05) is 39.6 Å². The second-order valence-corrected chi connectivity index (χ2v) is 13.2. The molecule has 2 aromatic carbocycles. The fourth-order valence-corrected chi connectivity index (χ4v) is 6.61. The minimum Gasteiger partial charge on any atom is -0.491 e. The molecule has 0 aliphatic carbocycles. The van der Waals surface area contributed by atoms with Crippen molar-refractivity contribution in [3.05, 3.63) is 63.2 Å². The van der Waals surface area contributed by atoms with Crippen LogP contribution in [-0.4, -0.2) is 64.1 Å². The van der Waals surface area contributed by atoms with Gasteiger partial charge < -0.3 is 28.4 Å². The SMILES string of the molecule is CCCCOC[C@H]1OC(c2cc(Cc3ccc(CC)cc3)c(Cl)c3c2CCO3)[C@H](OCCCC)[C@@H](OCCCC)[C@@H]1OCCCC. The van der Waals surface area contributed by atoms with E-state index in [1.54, 1.807) is 0 Å². The molecule has 4 rings (SSSR count). The average molecular weight is 659 g/mol. The molecule has 0 aromatic heterocycles. The summed E-state index contributed by atoms with van der Waals surface area (Å²) in [4.78, 5) is 0. The molecule has 46 heavy (non-hydrogen) atoms. The maximum atomic E-state index is 7.12. The van der Waals surface area contributed by atoms with E-state index in [0.717, 1.165) is 86.6 Å². The Morgan fingerprint density at radius 1 is 0.739 bits per heavy atom. The number of rotatable bonds is 21. The molecule has 2 heterocycles. The van der Waals surface area contributed by atoms with Gasteiger partial charge >= 0.3 is 0 Å². The van der Waals surface area contributed by atoms with Gasteiger partial charge in [-0.3, -0.25) is 0 Å². The van der Waals surface area contributed by atoms with E-state index >= 15 is 0 Å². The van der Waals surface area contributed by atoms with Crippen molar-refractivity contribution in [2.45, 2.75) is 136 Å². The second-order valence-electron chi connectivity index (χ2n) is 12.8. The first-order valence-corrected chi connectivity index (χ1v) is 18.6. The van der Waals surface area contributed by atoms with Crippen LogP contribution in [0.2, 0.25) is 5.02 Å². The summed E-state index contributed by atoms with van der Waals surface area (Å²) in [7, 11) is 0. The predicted molar refractivity (Wildman–Crippen MR) is 187 cm³/mol. The number of fused-ring (bicyclic) bond motifs is 1. The van der Waals surface area contributed by atoms with Gasteiger partial charge in [0.05, 0.1) is 18.2 Å². The Bertz CT molecular complexity index is 1150. The Labute approximate surface area is 283 Å². The van der Waals surface area contributed by atoms with Crippen LogP contribution in [0, 0.1) is 0 Å². The van der Waals surface area contributed by atoms with Gasteiger partial charge in [0.1, 0.15) is 36.3 Å². The predicted octanol–water partition coefficient (Wildman–Crippen LogP) is 9.24. The maximum Gasteiger partial charge on any atom is 0.141 e. The van der Waals surface area contributed by atoms with Crippen molar-refractivity contribution in [1.82, 2.24) is 0 Å². The largest absolute Gasteiger partial charge is 0.491 e. The number of halogens is 1. The molecule has 0 bridgehead atoms. The van der Waals surface area contributed by atoms with Crippen LogP contribution in [0.4, 0.5) is 0 Å². The molecule has 0 amide bonds. The average Bonchev–Trinajstić information content (AvgIpc) is 3.57. The standard InChI is InChI=1S/C39H59ClO6/c1-6-11-20-41-27-33-37(42-21-12-7-2)39(44-23-14-9-4)38(43-22-13-8-3)36(46-33)32-26-30(34(40)35-31(32)19-24-45-35)25-29-17-15-28(10-5)16-18-29/h15-18,26,33,36-39H,6-14,19-25,27H2,1-5H3/t33-,36?,37-,38+,39+/m1/s1. The van der Waals surface area contributed by atoms with E-state index in [9.17, 15) is 0 Å². The van der Waals surface area contributed by atoms with Gasteiger partial charge in [0.2, 0.25) is 0 Å². The highest BCUT2D eigenvalue weighted by Crippen LogP contribution is 2.46. The van der Waals surface area contributed by atoms with Crippen LogP contribution in [0.1, 0.15) is 120 Å². The van der Waals surface area contributed by atoms with Crippen molar-refractivity contribution >= 4 is 11.6 Å². The Hall–Kier alpha value is -1.67. The molecule has 0 saturated carbocycles. The summed E-state index contributed by atoms with van der Waals surface area (Å²) in [5.41, 5.74) is 5.79. The lowest BCUT2D eigenvalue weighted by molar-refractivity contribution is -0.268. The van der Waals surface area contributed by atoms with Gasteiger partial charge in [-0.2, -0.15) is 0 Å². The van der Waals surface area contributed by atoms with Gasteiger partial charge in [-0.05, 0) is 60.8 Å². The van der Waals surface area contributed by atoms with E-state index in [4.69, 9.17) is 40.0 Å². The molecule has 0 spiro atoms. The molecule has 0 N–H and O–H groups in total. The zero-order chi connectivity index (χ0) is 32.7. The third kappa shape index (κ3) is 9.93. The summed E-state index contributed by atoms with van der Waals surface area (Å²) >= 11 is 7.08. The Morgan fingerprint density at radius 3 is 1.96 bits per heavy atom. The van der Waals surface area contributed by atoms with Gasteiger partial charge in [-0.25, -0.2) is 0 Å². The van der Waals surface area contributed by atoms with Crippen molar-refractivity contribution in [3.8, 4) is 5.75 Å². The summed E-state index contributed by atoms with van der Waals surface area (Å²) in [6, 6.07) is 11.1. The van der Waals surface area contributed by atoms with Crippen LogP contribution >= 0.6 is 11.6 Å². The van der Waals surface area contributed by atoms with E-state index in [2.05, 4.69) is 65.0 Å². The third-order valence-electron chi connectivity index (χ3n) is 9.15. The van der Waals surface area contributed by atoms with Crippen molar-refractivity contribution in [3.63, 3.8) is 0 Å². The van der Waals surface area contributed by atoms with Gasteiger partial charge in [-0.1, -0.05) is 102 Å². The highest BCUT2D eigenvalue weighted by molar-refractivity contribution is 6.33. The molecule has 7 heteroatoms. The van der Waals surface area contributed by atoms with Crippen molar-refractivity contribution < 1.29 is 28.4 Å². The number of aryl methyl sites for hydroxylation is 1. The molecule has 2 aromatic rings. The molecule has 2 aliphatic heterocycles. The first-order chi connectivity index (χ1) is 22.6. The molecule has 1 saturated heterocycles. The van der Waals surface area contributed by atoms with Crippen LogP contribution in [0.25, 0.3) is 0 Å². The van der Waals surface area contributed by atoms with E-state index in [0.29, 0.717) is 51.1 Å². The molecular formula is C39H59ClO6. The van der Waals surface area contributed by atoms with Crippen molar-refractivity contribution in [2.24, 2.45) is 0 Å². The molecule has 1 unspecified atom stereocenters. The second kappa shape index (κ2) is 20.0. The topological polar surface area (TPSA) is 55.4 Å². The van der Waals surface area contributed by atoms with E-state index < -0.39 is 0 Å². The minimum atomic E-state index is -0.372. The summed E-state index contributed by atoms with van der Waals surface area (Å²) in [5, 5.41) is 0.700. The third-order valence-corrected chi connectivity index (χ3v) is 9.56. The quantitative estimate of drug-likeness (QED) is 0.125. The highest BCUT2D eigenvalue weighted by atomic mass is 35.5. The monoisotopic (exact) mass is 658 g/mol. The molecule has 2 aliphatic rings. The van der Waals surface area contributed by atoms with Gasteiger partial charge in [0.15, 0.2) is 0 Å². The zero-order valence-corrected chi connectivity index (χ0v) is 29.9. The molecule has 1 fully saturated rings. The van der Waals surface area contributed by atoms with E-state index in [1.165, 1.54) is 11.1 Å². The molecule has 258 valence electrons. The summed E-state index contributed by atoms with van der Waals surface area (Å²) in [6.45, 7) is 14.6. The fourth-order valence-electron chi connectivity index (χ4n) is 6.32. The normalized spacial score (nSPS) is 22.6. The lowest BCUT2D eigenvalue weighted by Gasteiger charge is -2.47. The fraction of sp³-hybridized carbons (Fsp3) is 0.692. The number of benzene rings is 2. The number of unbranched alkanes of at least 4 members (excludes halogenated alkanes) is 4. The van der Waals surface area contributed by atoms with Gasteiger partial charge in [-0.15, -0.1) is 0 Å². The molecule has 5 atom stereocenters. The lowest BCUT2D eigenvalue weighted by Crippen LogP contribution is -2.58. The van der Waals surface area contributed by atoms with Crippen LogP contribution < -0.4 is 4.74 Å². The summed E-state index contributed by atoms with van der Waals surface area (Å²) in [6.07, 6.45) is 9.12. The van der Waals surface area contributed by atoms with E-state index in [1.807, 2.05) is 0 Å². The smallest absolute Gasteiger partial charge is 0.141 e. The highest BCUT2D eigenvalue weighted by Gasteiger charge is 2.49. The Kier molecular flexibility index (Phi) is 16.1. The number of ether oxygens (including phenoxy) is 6. The van der Waals surface area contributed by atoms with E-state index in [-0.39, 0.29) is 30.5 Å². The maximum absolute atomic E-state index is 7.12. The summed E-state index contributed by atoms with van der Waals surface area (Å²) < 4.78 is 39.8. The lowest BCUT2D eigenvalue weighted by atomic mass is 9.86. The molecule has 6 nitrogen and oxygen atoms in total.